The Kier molecular flexibility index (Phi) is 4.28. The van der Waals surface area contributed by atoms with E-state index in [2.05, 4.69) is 13.0 Å². The Balaban J connectivity index is 1.76. The highest BCUT2D eigenvalue weighted by atomic mass is 16.6. The fourth-order valence-corrected chi connectivity index (χ4v) is 5.53. The van der Waals surface area contributed by atoms with E-state index < -0.39 is 5.60 Å². The molecule has 4 aliphatic rings. The summed E-state index contributed by atoms with van der Waals surface area (Å²) in [4.78, 5) is 27.7. The predicted octanol–water partition coefficient (Wildman–Crippen LogP) is 4.65. The van der Waals surface area contributed by atoms with Crippen LogP contribution < -0.4 is 0 Å². The molecule has 4 atom stereocenters. The average Bonchev–Trinajstić information content (AvgIpc) is 3.12. The number of rotatable bonds is 0. The van der Waals surface area contributed by atoms with Crippen molar-refractivity contribution in [2.24, 2.45) is 17.8 Å². The van der Waals surface area contributed by atoms with Crippen molar-refractivity contribution in [1.82, 2.24) is 4.90 Å². The molecular formula is C22H31NO3. The molecule has 0 aromatic carbocycles. The molecule has 3 aliphatic carbocycles. The molecule has 142 valence electrons. The number of nitrogens with zero attached hydrogens (tertiary/aromatic N) is 1. The van der Waals surface area contributed by atoms with E-state index in [0.29, 0.717) is 30.0 Å². The lowest BCUT2D eigenvalue weighted by atomic mass is 9.73. The van der Waals surface area contributed by atoms with Gasteiger partial charge >= 0.3 is 6.09 Å². The van der Waals surface area contributed by atoms with Crippen molar-refractivity contribution in [3.8, 4) is 0 Å². The van der Waals surface area contributed by atoms with E-state index in [0.717, 1.165) is 44.2 Å². The average molecular weight is 357 g/mol. The van der Waals surface area contributed by atoms with E-state index in [-0.39, 0.29) is 12.1 Å². The van der Waals surface area contributed by atoms with E-state index in [4.69, 9.17) is 4.74 Å². The number of hydrogen-bond donors (Lipinski definition) is 0. The molecule has 26 heavy (non-hydrogen) atoms. The fourth-order valence-electron chi connectivity index (χ4n) is 5.53. The highest BCUT2D eigenvalue weighted by Crippen LogP contribution is 2.50. The zero-order chi connectivity index (χ0) is 18.6. The zero-order valence-corrected chi connectivity index (χ0v) is 16.5. The number of carbonyl (C=O) groups excluding carboxylic acids is 2. The van der Waals surface area contributed by atoms with Gasteiger partial charge in [0.2, 0.25) is 0 Å². The quantitative estimate of drug-likeness (QED) is 0.634. The lowest BCUT2D eigenvalue weighted by Gasteiger charge is -2.37. The van der Waals surface area contributed by atoms with Crippen molar-refractivity contribution < 1.29 is 14.3 Å². The molecule has 0 unspecified atom stereocenters. The Morgan fingerprint density at radius 2 is 1.96 bits per heavy atom. The maximum atomic E-state index is 13.0. The number of likely N-dealkylation sites (tertiary alicyclic amines) is 1. The summed E-state index contributed by atoms with van der Waals surface area (Å²) in [6, 6.07) is 0.0255. The van der Waals surface area contributed by atoms with Gasteiger partial charge in [0, 0.05) is 18.5 Å². The summed E-state index contributed by atoms with van der Waals surface area (Å²) < 4.78 is 5.73. The first kappa shape index (κ1) is 17.8. The molecule has 4 rings (SSSR count). The first-order chi connectivity index (χ1) is 12.3. The molecule has 1 amide bonds. The molecule has 0 aromatic heterocycles. The Morgan fingerprint density at radius 1 is 1.19 bits per heavy atom. The van der Waals surface area contributed by atoms with E-state index in [9.17, 15) is 9.59 Å². The Bertz CT molecular complexity index is 697. The van der Waals surface area contributed by atoms with E-state index >= 15 is 0 Å². The number of ether oxygens (including phenoxy) is 1. The minimum absolute atomic E-state index is 0.0255. The van der Waals surface area contributed by atoms with Crippen LogP contribution in [0.5, 0.6) is 0 Å². The molecule has 0 spiro atoms. The third-order valence-corrected chi connectivity index (χ3v) is 6.62. The summed E-state index contributed by atoms with van der Waals surface area (Å²) in [5, 5.41) is 0. The SMILES string of the molecule is C[C@@H]1CN(C(=O)OC(C)(C)C)[C@@H]2C3=C(CC[C@H]12)C(=O)CC[C@H]1CCC=C31. The number of hydrogen-bond acceptors (Lipinski definition) is 3. The van der Waals surface area contributed by atoms with Crippen LogP contribution in [0, 0.1) is 17.8 Å². The van der Waals surface area contributed by atoms with Crippen LogP contribution in [0.4, 0.5) is 4.79 Å². The number of carbonyl (C=O) groups is 2. The zero-order valence-electron chi connectivity index (χ0n) is 16.5. The molecular weight excluding hydrogens is 326 g/mol. The molecule has 0 aromatic rings. The van der Waals surface area contributed by atoms with E-state index in [1.54, 1.807) is 0 Å². The van der Waals surface area contributed by atoms with Gasteiger partial charge in [-0.3, -0.25) is 4.79 Å². The van der Waals surface area contributed by atoms with Crippen molar-refractivity contribution >= 4 is 11.9 Å². The van der Waals surface area contributed by atoms with Gasteiger partial charge in [-0.25, -0.2) is 4.79 Å². The lowest BCUT2D eigenvalue weighted by Crippen LogP contribution is -2.44. The second kappa shape index (κ2) is 6.24. The monoisotopic (exact) mass is 357 g/mol. The molecule has 0 N–H and O–H groups in total. The molecule has 0 radical (unpaired) electrons. The standard InChI is InChI=1S/C22H31NO3/c1-13-12-23(21(25)26-22(2,3)4)20-15(13)9-10-17-18(24)11-8-14-6-5-7-16(14)19(17)20/h7,13-15,20H,5-6,8-12H2,1-4H3/t13-,14-,15-,20+/m1/s1. The van der Waals surface area contributed by atoms with Crippen molar-refractivity contribution in [1.29, 1.82) is 0 Å². The molecule has 1 aliphatic heterocycles. The largest absolute Gasteiger partial charge is 0.444 e. The van der Waals surface area contributed by atoms with Crippen LogP contribution in [0.2, 0.25) is 0 Å². The van der Waals surface area contributed by atoms with Gasteiger partial charge in [-0.15, -0.1) is 0 Å². The molecule has 4 nitrogen and oxygen atoms in total. The highest BCUT2D eigenvalue weighted by Gasteiger charge is 2.50. The summed E-state index contributed by atoms with van der Waals surface area (Å²) in [6.07, 6.45) is 7.90. The molecule has 1 saturated heterocycles. The number of ketones is 1. The normalized spacial score (nSPS) is 34.1. The predicted molar refractivity (Wildman–Crippen MR) is 101 cm³/mol. The van der Waals surface area contributed by atoms with Gasteiger partial charge in [0.25, 0.3) is 0 Å². The van der Waals surface area contributed by atoms with Gasteiger partial charge in [0.05, 0.1) is 6.04 Å². The second-order valence-corrected chi connectivity index (χ2v) is 9.55. The number of allylic oxidation sites excluding steroid dienone is 2. The summed E-state index contributed by atoms with van der Waals surface area (Å²) >= 11 is 0. The number of Topliss-reactive ketones (excluding diaryl/α,β-unsaturated/α-hetero) is 1. The minimum Gasteiger partial charge on any atom is -0.444 e. The Hall–Kier alpha value is -1.58. The molecule has 4 heteroatoms. The summed E-state index contributed by atoms with van der Waals surface area (Å²) in [5.41, 5.74) is 3.10. The van der Waals surface area contributed by atoms with E-state index in [1.165, 1.54) is 11.1 Å². The summed E-state index contributed by atoms with van der Waals surface area (Å²) in [5.74, 6) is 1.70. The van der Waals surface area contributed by atoms with Gasteiger partial charge in [0.15, 0.2) is 5.78 Å². The summed E-state index contributed by atoms with van der Waals surface area (Å²) in [6.45, 7) is 8.72. The second-order valence-electron chi connectivity index (χ2n) is 9.55. The number of fused-ring (bicyclic) bond motifs is 4. The Labute approximate surface area is 156 Å². The van der Waals surface area contributed by atoms with Crippen molar-refractivity contribution in [2.75, 3.05) is 6.54 Å². The van der Waals surface area contributed by atoms with Crippen molar-refractivity contribution in [2.45, 2.75) is 77.9 Å². The first-order valence-electron chi connectivity index (χ1n) is 10.2. The van der Waals surface area contributed by atoms with Crippen LogP contribution in [-0.4, -0.2) is 35.0 Å². The Morgan fingerprint density at radius 3 is 2.69 bits per heavy atom. The smallest absolute Gasteiger partial charge is 0.410 e. The van der Waals surface area contributed by atoms with Crippen molar-refractivity contribution in [3.05, 3.63) is 22.8 Å². The van der Waals surface area contributed by atoms with Crippen LogP contribution in [0.15, 0.2) is 22.8 Å². The van der Waals surface area contributed by atoms with Crippen LogP contribution in [0.1, 0.15) is 66.2 Å². The fraction of sp³-hybridized carbons (Fsp3) is 0.727. The summed E-state index contributed by atoms with van der Waals surface area (Å²) in [7, 11) is 0. The molecule has 0 saturated carbocycles. The van der Waals surface area contributed by atoms with Gasteiger partial charge in [-0.05, 0) is 81.8 Å². The van der Waals surface area contributed by atoms with Crippen LogP contribution in [-0.2, 0) is 9.53 Å². The highest BCUT2D eigenvalue weighted by molar-refractivity contribution is 5.98. The maximum absolute atomic E-state index is 13.0. The lowest BCUT2D eigenvalue weighted by molar-refractivity contribution is -0.116. The van der Waals surface area contributed by atoms with Crippen molar-refractivity contribution in [3.63, 3.8) is 0 Å². The van der Waals surface area contributed by atoms with Gasteiger partial charge in [0.1, 0.15) is 5.60 Å². The molecule has 1 heterocycles. The maximum Gasteiger partial charge on any atom is 0.410 e. The first-order valence-corrected chi connectivity index (χ1v) is 10.2. The molecule has 1 fully saturated rings. The third-order valence-electron chi connectivity index (χ3n) is 6.62. The van der Waals surface area contributed by atoms with Gasteiger partial charge < -0.3 is 9.64 Å². The third kappa shape index (κ3) is 2.91. The van der Waals surface area contributed by atoms with Crippen LogP contribution >= 0.6 is 0 Å². The van der Waals surface area contributed by atoms with Crippen LogP contribution in [0.3, 0.4) is 0 Å². The van der Waals surface area contributed by atoms with Gasteiger partial charge in [-0.2, -0.15) is 0 Å². The van der Waals surface area contributed by atoms with Crippen LogP contribution in [0.25, 0.3) is 0 Å². The topological polar surface area (TPSA) is 46.6 Å². The molecule has 0 bridgehead atoms. The van der Waals surface area contributed by atoms with E-state index in [1.807, 2.05) is 25.7 Å². The minimum atomic E-state index is -0.501. The van der Waals surface area contributed by atoms with Gasteiger partial charge in [-0.1, -0.05) is 13.0 Å². The number of amides is 1.